The van der Waals surface area contributed by atoms with Crippen molar-refractivity contribution in [2.75, 3.05) is 0 Å². The third-order valence-corrected chi connectivity index (χ3v) is 4.15. The van der Waals surface area contributed by atoms with E-state index in [4.69, 9.17) is 0 Å². The van der Waals surface area contributed by atoms with Gasteiger partial charge in [0.2, 0.25) is 0 Å². The van der Waals surface area contributed by atoms with Crippen LogP contribution in [0.15, 0.2) is 24.4 Å². The summed E-state index contributed by atoms with van der Waals surface area (Å²) in [6.07, 6.45) is 7.09. The van der Waals surface area contributed by atoms with E-state index in [1.165, 1.54) is 37.3 Å². The number of halogens is 1. The molecular weight excluding hydrogens is 213 g/mol. The Kier molecular flexibility index (Phi) is 2.65. The number of H-pyrrole nitrogens is 1. The monoisotopic (exact) mass is 231 g/mol. The zero-order chi connectivity index (χ0) is 11.8. The molecule has 1 aromatic carbocycles. The van der Waals surface area contributed by atoms with Crippen molar-refractivity contribution in [1.82, 2.24) is 4.98 Å². The summed E-state index contributed by atoms with van der Waals surface area (Å²) in [6, 6.07) is 5.36. The minimum Gasteiger partial charge on any atom is -0.359 e. The van der Waals surface area contributed by atoms with Crippen molar-refractivity contribution >= 4 is 10.9 Å². The topological polar surface area (TPSA) is 15.8 Å². The minimum atomic E-state index is -0.141. The van der Waals surface area contributed by atoms with Crippen molar-refractivity contribution in [3.8, 4) is 0 Å². The number of para-hydroxylation sites is 1. The van der Waals surface area contributed by atoms with E-state index in [0.717, 1.165) is 11.3 Å². The first-order valence-electron chi connectivity index (χ1n) is 6.51. The van der Waals surface area contributed by atoms with E-state index in [2.05, 4.69) is 11.9 Å². The van der Waals surface area contributed by atoms with Crippen molar-refractivity contribution in [3.05, 3.63) is 35.8 Å². The summed E-state index contributed by atoms with van der Waals surface area (Å²) in [7, 11) is 0. The van der Waals surface area contributed by atoms with Gasteiger partial charge in [-0.05, 0) is 36.3 Å². The molecule has 0 atom stereocenters. The van der Waals surface area contributed by atoms with Crippen LogP contribution in [-0.2, 0) is 0 Å². The van der Waals surface area contributed by atoms with Gasteiger partial charge in [0.15, 0.2) is 0 Å². The zero-order valence-corrected chi connectivity index (χ0v) is 10.2. The van der Waals surface area contributed by atoms with E-state index in [0.29, 0.717) is 11.4 Å². The molecule has 2 aromatic rings. The molecule has 0 spiro atoms. The molecule has 0 bridgehead atoms. The Bertz CT molecular complexity index is 521. The normalized spacial score (nSPS) is 25.3. The summed E-state index contributed by atoms with van der Waals surface area (Å²) < 4.78 is 13.6. The SMILES string of the molecule is CC1CCC(c2c[nH]c3c(F)cccc23)CC1. The quantitative estimate of drug-likeness (QED) is 0.738. The lowest BCUT2D eigenvalue weighted by atomic mass is 9.79. The molecule has 0 amide bonds. The van der Waals surface area contributed by atoms with Crippen molar-refractivity contribution in [3.63, 3.8) is 0 Å². The Morgan fingerprint density at radius 1 is 1.18 bits per heavy atom. The maximum atomic E-state index is 13.6. The Labute approximate surface area is 101 Å². The van der Waals surface area contributed by atoms with E-state index in [9.17, 15) is 4.39 Å². The average molecular weight is 231 g/mol. The van der Waals surface area contributed by atoms with Crippen LogP contribution in [0.1, 0.15) is 44.1 Å². The number of hydrogen-bond donors (Lipinski definition) is 1. The molecular formula is C15H18FN. The van der Waals surface area contributed by atoms with Crippen LogP contribution in [0, 0.1) is 11.7 Å². The largest absolute Gasteiger partial charge is 0.359 e. The summed E-state index contributed by atoms with van der Waals surface area (Å²) in [5.74, 6) is 1.33. The molecule has 1 aliphatic carbocycles. The fraction of sp³-hybridized carbons (Fsp3) is 0.467. The van der Waals surface area contributed by atoms with Gasteiger partial charge in [-0.25, -0.2) is 4.39 Å². The maximum Gasteiger partial charge on any atom is 0.147 e. The highest BCUT2D eigenvalue weighted by atomic mass is 19.1. The highest BCUT2D eigenvalue weighted by Gasteiger charge is 2.22. The summed E-state index contributed by atoms with van der Waals surface area (Å²) >= 11 is 0. The van der Waals surface area contributed by atoms with Gasteiger partial charge in [0.05, 0.1) is 5.52 Å². The molecule has 1 N–H and O–H groups in total. The first-order chi connectivity index (χ1) is 8.25. The van der Waals surface area contributed by atoms with Crippen LogP contribution in [0.4, 0.5) is 4.39 Å². The molecule has 2 heteroatoms. The number of aromatic nitrogens is 1. The first-order valence-corrected chi connectivity index (χ1v) is 6.51. The van der Waals surface area contributed by atoms with Crippen LogP contribution in [0.25, 0.3) is 10.9 Å². The van der Waals surface area contributed by atoms with Gasteiger partial charge in [0.1, 0.15) is 5.82 Å². The minimum absolute atomic E-state index is 0.141. The Hall–Kier alpha value is -1.31. The number of hydrogen-bond acceptors (Lipinski definition) is 0. The third kappa shape index (κ3) is 1.86. The number of aromatic amines is 1. The van der Waals surface area contributed by atoms with Crippen molar-refractivity contribution in [2.45, 2.75) is 38.5 Å². The van der Waals surface area contributed by atoms with Crippen molar-refractivity contribution < 1.29 is 4.39 Å². The second-order valence-electron chi connectivity index (χ2n) is 5.36. The molecule has 1 fully saturated rings. The lowest BCUT2D eigenvalue weighted by Gasteiger charge is -2.25. The molecule has 0 saturated heterocycles. The van der Waals surface area contributed by atoms with Crippen LogP contribution in [0.3, 0.4) is 0 Å². The van der Waals surface area contributed by atoms with Gasteiger partial charge in [-0.2, -0.15) is 0 Å². The standard InChI is InChI=1S/C15H18FN/c1-10-5-7-11(8-6-10)13-9-17-15-12(13)3-2-4-14(15)16/h2-4,9-11,17H,5-8H2,1H3. The van der Waals surface area contributed by atoms with Gasteiger partial charge in [-0.15, -0.1) is 0 Å². The smallest absolute Gasteiger partial charge is 0.147 e. The van der Waals surface area contributed by atoms with Gasteiger partial charge in [-0.1, -0.05) is 31.9 Å². The second-order valence-corrected chi connectivity index (χ2v) is 5.36. The number of nitrogens with one attached hydrogen (secondary N) is 1. The molecule has 0 aliphatic heterocycles. The highest BCUT2D eigenvalue weighted by molar-refractivity contribution is 5.84. The summed E-state index contributed by atoms with van der Waals surface area (Å²) in [6.45, 7) is 2.32. The predicted octanol–water partition coefficient (Wildman–Crippen LogP) is 4.60. The van der Waals surface area contributed by atoms with E-state index < -0.39 is 0 Å². The molecule has 0 unspecified atom stereocenters. The molecule has 1 aromatic heterocycles. The zero-order valence-electron chi connectivity index (χ0n) is 10.2. The number of fused-ring (bicyclic) bond motifs is 1. The second kappa shape index (κ2) is 4.17. The first kappa shape index (κ1) is 10.8. The molecule has 1 saturated carbocycles. The average Bonchev–Trinajstić information content (AvgIpc) is 2.75. The summed E-state index contributed by atoms with van der Waals surface area (Å²) in [5.41, 5.74) is 1.98. The molecule has 0 radical (unpaired) electrons. The highest BCUT2D eigenvalue weighted by Crippen LogP contribution is 2.38. The number of rotatable bonds is 1. The Balaban J connectivity index is 1.98. The fourth-order valence-electron chi connectivity index (χ4n) is 3.05. The van der Waals surface area contributed by atoms with Gasteiger partial charge < -0.3 is 4.98 Å². The van der Waals surface area contributed by atoms with E-state index in [-0.39, 0.29) is 5.82 Å². The van der Waals surface area contributed by atoms with Crippen molar-refractivity contribution in [2.24, 2.45) is 5.92 Å². The van der Waals surface area contributed by atoms with Crippen LogP contribution in [-0.4, -0.2) is 4.98 Å². The van der Waals surface area contributed by atoms with Crippen LogP contribution in [0.2, 0.25) is 0 Å². The Morgan fingerprint density at radius 3 is 2.71 bits per heavy atom. The third-order valence-electron chi connectivity index (χ3n) is 4.15. The van der Waals surface area contributed by atoms with Gasteiger partial charge in [0, 0.05) is 11.6 Å². The molecule has 90 valence electrons. The van der Waals surface area contributed by atoms with Crippen LogP contribution in [0.5, 0.6) is 0 Å². The maximum absolute atomic E-state index is 13.6. The van der Waals surface area contributed by atoms with Gasteiger partial charge in [-0.3, -0.25) is 0 Å². The van der Waals surface area contributed by atoms with E-state index in [1.807, 2.05) is 12.3 Å². The van der Waals surface area contributed by atoms with Crippen LogP contribution < -0.4 is 0 Å². The van der Waals surface area contributed by atoms with Crippen molar-refractivity contribution in [1.29, 1.82) is 0 Å². The van der Waals surface area contributed by atoms with Gasteiger partial charge >= 0.3 is 0 Å². The Morgan fingerprint density at radius 2 is 1.94 bits per heavy atom. The van der Waals surface area contributed by atoms with E-state index >= 15 is 0 Å². The molecule has 1 heterocycles. The lowest BCUT2D eigenvalue weighted by Crippen LogP contribution is -2.10. The lowest BCUT2D eigenvalue weighted by molar-refractivity contribution is 0.349. The molecule has 17 heavy (non-hydrogen) atoms. The summed E-state index contributed by atoms with van der Waals surface area (Å²) in [4.78, 5) is 3.09. The number of benzene rings is 1. The molecule has 3 rings (SSSR count). The van der Waals surface area contributed by atoms with Gasteiger partial charge in [0.25, 0.3) is 0 Å². The predicted molar refractivity (Wildman–Crippen MR) is 68.6 cm³/mol. The molecule has 1 nitrogen and oxygen atoms in total. The van der Waals surface area contributed by atoms with E-state index in [1.54, 1.807) is 6.07 Å². The molecule has 1 aliphatic rings. The van der Waals surface area contributed by atoms with Crippen LogP contribution >= 0.6 is 0 Å². The fourth-order valence-corrected chi connectivity index (χ4v) is 3.05. The summed E-state index contributed by atoms with van der Waals surface area (Å²) in [5, 5.41) is 1.07.